The lowest BCUT2D eigenvalue weighted by Crippen LogP contribution is -2.76. The number of hydrogen-bond donors (Lipinski definition) is 0. The second-order valence-electron chi connectivity index (χ2n) is 5.26. The fraction of sp³-hybridized carbons (Fsp3) is 1.00. The van der Waals surface area contributed by atoms with Crippen molar-refractivity contribution in [3.63, 3.8) is 0 Å². The van der Waals surface area contributed by atoms with Crippen LogP contribution < -0.4 is 0 Å². The van der Waals surface area contributed by atoms with E-state index in [1.807, 2.05) is 13.8 Å². The van der Waals surface area contributed by atoms with Gasteiger partial charge in [-0.2, -0.15) is 0 Å². The van der Waals surface area contributed by atoms with Gasteiger partial charge < -0.3 is 0 Å². The van der Waals surface area contributed by atoms with Gasteiger partial charge in [0.15, 0.2) is 0 Å². The van der Waals surface area contributed by atoms with Crippen LogP contribution in [-0.4, -0.2) is 9.75 Å². The lowest BCUT2D eigenvalue weighted by Gasteiger charge is -2.72. The minimum atomic E-state index is -0.314. The van der Waals surface area contributed by atoms with Crippen LogP contribution in [0.3, 0.4) is 0 Å². The molecular formula is C10H18Cl2. The SMILES string of the molecule is CC1(C)C(C)(C)[C@@](C)(Cl)C1(C)Cl. The van der Waals surface area contributed by atoms with E-state index in [1.165, 1.54) is 0 Å². The van der Waals surface area contributed by atoms with Crippen molar-refractivity contribution in [1.29, 1.82) is 0 Å². The van der Waals surface area contributed by atoms with Crippen LogP contribution in [0.2, 0.25) is 0 Å². The van der Waals surface area contributed by atoms with Gasteiger partial charge in [-0.1, -0.05) is 27.7 Å². The molecule has 0 aromatic heterocycles. The first-order valence-corrected chi connectivity index (χ1v) is 5.13. The van der Waals surface area contributed by atoms with Crippen molar-refractivity contribution >= 4 is 23.2 Å². The highest BCUT2D eigenvalue weighted by molar-refractivity contribution is 6.37. The Bertz CT molecular complexity index is 148. The zero-order chi connectivity index (χ0) is 10.0. The molecule has 0 radical (unpaired) electrons. The molecule has 1 unspecified atom stereocenters. The van der Waals surface area contributed by atoms with Gasteiger partial charge in [0, 0.05) is 0 Å². The van der Waals surface area contributed by atoms with Crippen molar-refractivity contribution < 1.29 is 0 Å². The molecule has 0 amide bonds. The molecule has 1 rings (SSSR count). The van der Waals surface area contributed by atoms with E-state index in [-0.39, 0.29) is 20.6 Å². The Morgan fingerprint density at radius 3 is 0.833 bits per heavy atom. The van der Waals surface area contributed by atoms with Crippen molar-refractivity contribution in [2.24, 2.45) is 10.8 Å². The third-order valence-corrected chi connectivity index (χ3v) is 6.59. The molecule has 0 saturated heterocycles. The second-order valence-corrected chi connectivity index (χ2v) is 6.77. The molecule has 0 nitrogen and oxygen atoms in total. The Morgan fingerprint density at radius 2 is 0.750 bits per heavy atom. The highest BCUT2D eigenvalue weighted by atomic mass is 35.5. The summed E-state index contributed by atoms with van der Waals surface area (Å²) in [6.07, 6.45) is 0. The smallest absolute Gasteiger partial charge is 0.0668 e. The molecule has 0 bridgehead atoms. The van der Waals surface area contributed by atoms with E-state index in [9.17, 15) is 0 Å². The zero-order valence-electron chi connectivity index (χ0n) is 8.76. The Labute approximate surface area is 85.6 Å². The Balaban J connectivity index is 3.16. The summed E-state index contributed by atoms with van der Waals surface area (Å²) >= 11 is 12.9. The quantitative estimate of drug-likeness (QED) is 0.528. The third kappa shape index (κ3) is 0.726. The Kier molecular flexibility index (Phi) is 1.91. The van der Waals surface area contributed by atoms with Gasteiger partial charge in [-0.05, 0) is 24.7 Å². The van der Waals surface area contributed by atoms with Crippen molar-refractivity contribution in [3.8, 4) is 0 Å². The number of halogens is 2. The molecule has 2 heteroatoms. The maximum absolute atomic E-state index is 6.44. The van der Waals surface area contributed by atoms with Crippen LogP contribution in [0.1, 0.15) is 41.5 Å². The molecule has 0 aliphatic heterocycles. The summed E-state index contributed by atoms with van der Waals surface area (Å²) in [6.45, 7) is 12.8. The predicted molar refractivity (Wildman–Crippen MR) is 56.1 cm³/mol. The van der Waals surface area contributed by atoms with E-state index in [2.05, 4.69) is 27.7 Å². The molecule has 0 spiro atoms. The molecule has 0 heterocycles. The van der Waals surface area contributed by atoms with E-state index in [0.29, 0.717) is 0 Å². The van der Waals surface area contributed by atoms with E-state index < -0.39 is 0 Å². The highest BCUT2D eigenvalue weighted by Gasteiger charge is 2.75. The van der Waals surface area contributed by atoms with Crippen LogP contribution in [0.15, 0.2) is 0 Å². The molecule has 12 heavy (non-hydrogen) atoms. The van der Waals surface area contributed by atoms with Crippen LogP contribution in [0.4, 0.5) is 0 Å². The monoisotopic (exact) mass is 208 g/mol. The summed E-state index contributed by atoms with van der Waals surface area (Å²) in [6, 6.07) is 0. The van der Waals surface area contributed by atoms with E-state index in [4.69, 9.17) is 23.2 Å². The van der Waals surface area contributed by atoms with Gasteiger partial charge >= 0.3 is 0 Å². The van der Waals surface area contributed by atoms with Crippen LogP contribution in [0, 0.1) is 10.8 Å². The largest absolute Gasteiger partial charge is 0.117 e. The summed E-state index contributed by atoms with van der Waals surface area (Å²) in [5.41, 5.74) is 0.163. The topological polar surface area (TPSA) is 0 Å². The molecule has 1 saturated carbocycles. The van der Waals surface area contributed by atoms with E-state index >= 15 is 0 Å². The minimum Gasteiger partial charge on any atom is -0.117 e. The van der Waals surface area contributed by atoms with E-state index in [1.54, 1.807) is 0 Å². The van der Waals surface area contributed by atoms with Gasteiger partial charge in [0.05, 0.1) is 9.75 Å². The first-order chi connectivity index (χ1) is 5.00. The van der Waals surface area contributed by atoms with Crippen molar-refractivity contribution in [2.45, 2.75) is 51.3 Å². The zero-order valence-corrected chi connectivity index (χ0v) is 10.3. The van der Waals surface area contributed by atoms with Gasteiger partial charge in [0.2, 0.25) is 0 Å². The standard InChI is InChI=1S/C10H18Cl2/c1-7(2)8(3,4)10(6,12)9(7,5)11/h1-6H3/t9-,10?/m1/s1. The normalized spacial score (nSPS) is 50.0. The first kappa shape index (κ1) is 10.7. The first-order valence-electron chi connectivity index (χ1n) is 4.38. The average Bonchev–Trinajstić information content (AvgIpc) is 1.84. The summed E-state index contributed by atoms with van der Waals surface area (Å²) in [4.78, 5) is -0.629. The Hall–Kier alpha value is 0.580. The molecule has 0 N–H and O–H groups in total. The van der Waals surface area contributed by atoms with E-state index in [0.717, 1.165) is 0 Å². The average molecular weight is 209 g/mol. The fourth-order valence-corrected chi connectivity index (χ4v) is 3.23. The maximum atomic E-state index is 6.44. The lowest BCUT2D eigenvalue weighted by molar-refractivity contribution is -0.107. The molecule has 0 aromatic rings. The number of hydrogen-bond acceptors (Lipinski definition) is 0. The van der Waals surface area contributed by atoms with Gasteiger partial charge in [0.25, 0.3) is 0 Å². The van der Waals surface area contributed by atoms with Gasteiger partial charge in [-0.25, -0.2) is 0 Å². The highest BCUT2D eigenvalue weighted by Crippen LogP contribution is 2.73. The van der Waals surface area contributed by atoms with Crippen molar-refractivity contribution in [1.82, 2.24) is 0 Å². The molecule has 1 aliphatic rings. The van der Waals surface area contributed by atoms with Crippen LogP contribution in [0.5, 0.6) is 0 Å². The van der Waals surface area contributed by atoms with Gasteiger partial charge in [0.1, 0.15) is 0 Å². The summed E-state index contributed by atoms with van der Waals surface area (Å²) in [7, 11) is 0. The van der Waals surface area contributed by atoms with Crippen molar-refractivity contribution in [2.75, 3.05) is 0 Å². The number of alkyl halides is 2. The third-order valence-electron chi connectivity index (χ3n) is 4.79. The van der Waals surface area contributed by atoms with Crippen LogP contribution >= 0.6 is 23.2 Å². The lowest BCUT2D eigenvalue weighted by atomic mass is 9.40. The summed E-state index contributed by atoms with van der Waals surface area (Å²) < 4.78 is 0. The van der Waals surface area contributed by atoms with Crippen LogP contribution in [-0.2, 0) is 0 Å². The molecule has 2 atom stereocenters. The van der Waals surface area contributed by atoms with Crippen molar-refractivity contribution in [3.05, 3.63) is 0 Å². The Morgan fingerprint density at radius 1 is 0.583 bits per heavy atom. The fourth-order valence-electron chi connectivity index (χ4n) is 2.28. The second kappa shape index (κ2) is 2.15. The summed E-state index contributed by atoms with van der Waals surface area (Å²) in [5, 5.41) is 0. The van der Waals surface area contributed by atoms with Gasteiger partial charge in [-0.3, -0.25) is 0 Å². The predicted octanol–water partition coefficient (Wildman–Crippen LogP) is 4.05. The molecule has 0 aromatic carbocycles. The summed E-state index contributed by atoms with van der Waals surface area (Å²) in [5.74, 6) is 0. The number of rotatable bonds is 0. The van der Waals surface area contributed by atoms with Crippen LogP contribution in [0.25, 0.3) is 0 Å². The maximum Gasteiger partial charge on any atom is 0.0668 e. The molecule has 1 fully saturated rings. The minimum absolute atomic E-state index is 0.0814. The molecule has 72 valence electrons. The van der Waals surface area contributed by atoms with Gasteiger partial charge in [-0.15, -0.1) is 23.2 Å². The molecular weight excluding hydrogens is 191 g/mol. The molecule has 1 aliphatic carbocycles.